The maximum absolute atomic E-state index is 12.5. The number of carbonyl (C=O) groups is 2. The Hall–Kier alpha value is -1.29. The lowest BCUT2D eigenvalue weighted by molar-refractivity contribution is -0.161. The van der Waals surface area contributed by atoms with Gasteiger partial charge in [-0.25, -0.2) is 4.57 Å². The molecule has 0 heterocycles. The van der Waals surface area contributed by atoms with Crippen molar-refractivity contribution in [3.63, 3.8) is 0 Å². The summed E-state index contributed by atoms with van der Waals surface area (Å²) < 4.78 is 32.5. The number of hydrogen-bond donors (Lipinski definition) is 3. The SMILES string of the molecule is CCCCCCCC/C=C/CCCCCCCCCC(=O)OC[C@@H](COP(=O)(O)OC[C@H](O)CO)OC(=O)CCCCCCCCCCC. The molecule has 0 amide bonds. The minimum Gasteiger partial charge on any atom is -0.462 e. The summed E-state index contributed by atoms with van der Waals surface area (Å²) in [7, 11) is -4.60. The van der Waals surface area contributed by atoms with E-state index in [1.165, 1.54) is 96.3 Å². The zero-order valence-electron chi connectivity index (χ0n) is 31.2. The van der Waals surface area contributed by atoms with Crippen molar-refractivity contribution >= 4 is 19.8 Å². The highest BCUT2D eigenvalue weighted by atomic mass is 31.2. The van der Waals surface area contributed by atoms with Gasteiger partial charge >= 0.3 is 19.8 Å². The Balaban J connectivity index is 4.27. The van der Waals surface area contributed by atoms with Crippen molar-refractivity contribution in [1.82, 2.24) is 0 Å². The lowest BCUT2D eigenvalue weighted by Gasteiger charge is -2.20. The van der Waals surface area contributed by atoms with Crippen LogP contribution in [0.25, 0.3) is 0 Å². The van der Waals surface area contributed by atoms with Gasteiger partial charge in [0.25, 0.3) is 0 Å². The standard InChI is InChI=1S/C38H73O10P/c1-3-5-7-9-11-13-14-15-16-17-18-19-20-22-23-25-27-29-37(41)45-33-36(34-47-49(43,44)46-32-35(40)31-39)48-38(42)30-28-26-24-21-12-10-8-6-4-2/h15-16,35-36,39-40H,3-14,17-34H2,1-2H3,(H,43,44)/b16-15+/t35-,36+/m1/s1. The van der Waals surface area contributed by atoms with Gasteiger partial charge in [-0.15, -0.1) is 0 Å². The predicted molar refractivity (Wildman–Crippen MR) is 196 cm³/mol. The molecule has 0 aromatic carbocycles. The number of rotatable bonds is 37. The third-order valence-electron chi connectivity index (χ3n) is 8.42. The Labute approximate surface area is 298 Å². The molecule has 3 atom stereocenters. The molecular weight excluding hydrogens is 647 g/mol. The van der Waals surface area contributed by atoms with Crippen LogP contribution in [-0.2, 0) is 32.7 Å². The zero-order chi connectivity index (χ0) is 36.3. The number of carbonyl (C=O) groups excluding carboxylic acids is 2. The van der Waals surface area contributed by atoms with Gasteiger partial charge in [-0.2, -0.15) is 0 Å². The molecule has 0 saturated heterocycles. The van der Waals surface area contributed by atoms with E-state index >= 15 is 0 Å². The van der Waals surface area contributed by atoms with Gasteiger partial charge in [-0.3, -0.25) is 18.6 Å². The number of phosphoric acid groups is 1. The molecule has 0 aliphatic carbocycles. The first kappa shape index (κ1) is 47.7. The summed E-state index contributed by atoms with van der Waals surface area (Å²) in [5.41, 5.74) is 0. The van der Waals surface area contributed by atoms with Crippen molar-refractivity contribution in [3.05, 3.63) is 12.2 Å². The zero-order valence-corrected chi connectivity index (χ0v) is 32.1. The van der Waals surface area contributed by atoms with Crippen molar-refractivity contribution in [2.75, 3.05) is 26.4 Å². The number of phosphoric ester groups is 1. The van der Waals surface area contributed by atoms with Crippen LogP contribution >= 0.6 is 7.82 Å². The molecule has 0 radical (unpaired) electrons. The normalized spacial score (nSPS) is 14.1. The van der Waals surface area contributed by atoms with Gasteiger partial charge in [-0.1, -0.05) is 142 Å². The first-order valence-electron chi connectivity index (χ1n) is 19.6. The minimum absolute atomic E-state index is 0.187. The summed E-state index contributed by atoms with van der Waals surface area (Å²) in [6, 6.07) is 0. The van der Waals surface area contributed by atoms with Crippen LogP contribution in [0.15, 0.2) is 12.2 Å². The van der Waals surface area contributed by atoms with Crippen molar-refractivity contribution < 1.29 is 47.8 Å². The molecule has 0 aliphatic rings. The molecule has 3 N–H and O–H groups in total. The molecule has 10 nitrogen and oxygen atoms in total. The second-order valence-electron chi connectivity index (χ2n) is 13.3. The van der Waals surface area contributed by atoms with Gasteiger partial charge in [0.15, 0.2) is 6.10 Å². The van der Waals surface area contributed by atoms with E-state index in [9.17, 15) is 24.2 Å². The third kappa shape index (κ3) is 34.9. The maximum atomic E-state index is 12.5. The Morgan fingerprint density at radius 1 is 0.592 bits per heavy atom. The van der Waals surface area contributed by atoms with E-state index in [2.05, 4.69) is 30.5 Å². The average Bonchev–Trinajstić information content (AvgIpc) is 3.09. The Kier molecular flexibility index (Phi) is 34.2. The number of aliphatic hydroxyl groups is 2. The molecule has 1 unspecified atom stereocenters. The van der Waals surface area contributed by atoms with Crippen LogP contribution in [-0.4, -0.2) is 65.7 Å². The smallest absolute Gasteiger partial charge is 0.462 e. The molecule has 0 aromatic rings. The molecular formula is C38H73O10P. The predicted octanol–water partition coefficient (Wildman–Crippen LogP) is 9.67. The van der Waals surface area contributed by atoms with Crippen molar-refractivity contribution in [2.24, 2.45) is 0 Å². The average molecular weight is 721 g/mol. The lowest BCUT2D eigenvalue weighted by Crippen LogP contribution is -2.29. The molecule has 0 aliphatic heterocycles. The number of esters is 2. The number of unbranched alkanes of at least 4 members (excludes halogenated alkanes) is 21. The first-order chi connectivity index (χ1) is 23.7. The molecule has 0 saturated carbocycles. The Bertz CT molecular complexity index is 837. The van der Waals surface area contributed by atoms with E-state index in [-0.39, 0.29) is 19.4 Å². The molecule has 0 aromatic heterocycles. The minimum atomic E-state index is -4.60. The summed E-state index contributed by atoms with van der Waals surface area (Å²) in [6.45, 7) is 2.34. The van der Waals surface area contributed by atoms with Crippen molar-refractivity contribution in [2.45, 2.75) is 193 Å². The Morgan fingerprint density at radius 2 is 1.00 bits per heavy atom. The number of aliphatic hydroxyl groups excluding tert-OH is 2. The molecule has 0 spiro atoms. The molecule has 49 heavy (non-hydrogen) atoms. The highest BCUT2D eigenvalue weighted by Crippen LogP contribution is 2.43. The molecule has 0 fully saturated rings. The fourth-order valence-electron chi connectivity index (χ4n) is 5.34. The largest absolute Gasteiger partial charge is 0.472 e. The number of allylic oxidation sites excluding steroid dienone is 2. The van der Waals surface area contributed by atoms with Gasteiger partial charge in [0.2, 0.25) is 0 Å². The fourth-order valence-corrected chi connectivity index (χ4v) is 6.13. The number of ether oxygens (including phenoxy) is 2. The quantitative estimate of drug-likeness (QED) is 0.0245. The fraction of sp³-hybridized carbons (Fsp3) is 0.895. The van der Waals surface area contributed by atoms with Gasteiger partial charge < -0.3 is 24.6 Å². The maximum Gasteiger partial charge on any atom is 0.472 e. The molecule has 11 heteroatoms. The van der Waals surface area contributed by atoms with Crippen molar-refractivity contribution in [3.8, 4) is 0 Å². The summed E-state index contributed by atoms with van der Waals surface area (Å²) in [4.78, 5) is 34.7. The number of hydrogen-bond acceptors (Lipinski definition) is 9. The second-order valence-corrected chi connectivity index (χ2v) is 14.8. The summed E-state index contributed by atoms with van der Waals surface area (Å²) in [5.74, 6) is -0.927. The van der Waals surface area contributed by atoms with E-state index in [4.69, 9.17) is 19.1 Å². The highest BCUT2D eigenvalue weighted by molar-refractivity contribution is 7.47. The van der Waals surface area contributed by atoms with E-state index in [1.807, 2.05) is 0 Å². The van der Waals surface area contributed by atoms with Gasteiger partial charge in [0.05, 0.1) is 19.8 Å². The molecule has 0 rings (SSSR count). The van der Waals surface area contributed by atoms with Gasteiger partial charge in [0.1, 0.15) is 12.7 Å². The summed E-state index contributed by atoms with van der Waals surface area (Å²) >= 11 is 0. The van der Waals surface area contributed by atoms with Crippen LogP contribution in [0.2, 0.25) is 0 Å². The topological polar surface area (TPSA) is 149 Å². The third-order valence-corrected chi connectivity index (χ3v) is 9.37. The van der Waals surface area contributed by atoms with Crippen molar-refractivity contribution in [1.29, 1.82) is 0 Å². The highest BCUT2D eigenvalue weighted by Gasteiger charge is 2.27. The van der Waals surface area contributed by atoms with Crippen LogP contribution in [0.4, 0.5) is 0 Å². The van der Waals surface area contributed by atoms with Crippen LogP contribution in [0.5, 0.6) is 0 Å². The van der Waals surface area contributed by atoms with E-state index in [1.54, 1.807) is 0 Å². The second kappa shape index (κ2) is 35.1. The molecule has 290 valence electrons. The monoisotopic (exact) mass is 720 g/mol. The van der Waals surface area contributed by atoms with Crippen LogP contribution in [0.1, 0.15) is 181 Å². The van der Waals surface area contributed by atoms with Gasteiger partial charge in [0, 0.05) is 12.8 Å². The summed E-state index contributed by atoms with van der Waals surface area (Å²) in [5, 5.41) is 18.2. The lowest BCUT2D eigenvalue weighted by atomic mass is 10.1. The van der Waals surface area contributed by atoms with Crippen LogP contribution in [0.3, 0.4) is 0 Å². The van der Waals surface area contributed by atoms with E-state index < -0.39 is 51.8 Å². The van der Waals surface area contributed by atoms with Crippen LogP contribution in [0, 0.1) is 0 Å². The molecule has 0 bridgehead atoms. The van der Waals surface area contributed by atoms with E-state index in [0.29, 0.717) is 12.8 Å². The van der Waals surface area contributed by atoms with Crippen LogP contribution < -0.4 is 0 Å². The summed E-state index contributed by atoms with van der Waals surface area (Å²) in [6.07, 6.45) is 30.5. The Morgan fingerprint density at radius 3 is 1.47 bits per heavy atom. The first-order valence-corrected chi connectivity index (χ1v) is 21.1. The van der Waals surface area contributed by atoms with E-state index in [0.717, 1.165) is 44.9 Å². The van der Waals surface area contributed by atoms with Gasteiger partial charge in [-0.05, 0) is 38.5 Å².